The van der Waals surface area contributed by atoms with Crippen LogP contribution in [0, 0.1) is 0 Å². The zero-order chi connectivity index (χ0) is 17.6. The van der Waals surface area contributed by atoms with Crippen LogP contribution in [0.15, 0.2) is 53.4 Å². The fourth-order valence-electron chi connectivity index (χ4n) is 2.59. The normalized spacial score (nSPS) is 15.7. The van der Waals surface area contributed by atoms with Crippen molar-refractivity contribution in [2.75, 3.05) is 36.5 Å². The van der Waals surface area contributed by atoms with Gasteiger partial charge in [0.25, 0.3) is 0 Å². The maximum Gasteiger partial charge on any atom is 0.237 e. The van der Waals surface area contributed by atoms with Crippen LogP contribution in [0.2, 0.25) is 5.02 Å². The van der Waals surface area contributed by atoms with Crippen molar-refractivity contribution in [3.8, 4) is 0 Å². The van der Waals surface area contributed by atoms with Gasteiger partial charge in [0.1, 0.15) is 0 Å². The highest BCUT2D eigenvalue weighted by Gasteiger charge is 2.15. The average molecular weight is 377 g/mol. The minimum Gasteiger partial charge on any atom is -0.378 e. The number of carbonyl (C=O) groups is 1. The number of amides is 1. The van der Waals surface area contributed by atoms with Crippen LogP contribution in [0.25, 0.3) is 0 Å². The number of rotatable bonds is 5. The zero-order valence-electron chi connectivity index (χ0n) is 14.1. The minimum atomic E-state index is -0.194. The van der Waals surface area contributed by atoms with Crippen molar-refractivity contribution < 1.29 is 9.53 Å². The Labute approximate surface area is 157 Å². The Morgan fingerprint density at radius 1 is 1.12 bits per heavy atom. The smallest absolute Gasteiger partial charge is 0.237 e. The van der Waals surface area contributed by atoms with Crippen molar-refractivity contribution >= 4 is 40.6 Å². The molecular weight excluding hydrogens is 356 g/mol. The second-order valence-electron chi connectivity index (χ2n) is 5.85. The molecule has 0 aromatic heterocycles. The Bertz CT molecular complexity index is 700. The third kappa shape index (κ3) is 5.14. The van der Waals surface area contributed by atoms with Gasteiger partial charge in [-0.2, -0.15) is 0 Å². The average Bonchev–Trinajstić information content (AvgIpc) is 2.65. The molecule has 4 nitrogen and oxygen atoms in total. The maximum absolute atomic E-state index is 12.4. The van der Waals surface area contributed by atoms with Gasteiger partial charge >= 0.3 is 0 Å². The number of nitrogens with one attached hydrogen (secondary N) is 1. The summed E-state index contributed by atoms with van der Waals surface area (Å²) in [5.74, 6) is -0.0147. The molecule has 6 heteroatoms. The molecule has 1 aliphatic rings. The van der Waals surface area contributed by atoms with Crippen LogP contribution in [0.5, 0.6) is 0 Å². The molecule has 1 N–H and O–H groups in total. The number of hydrogen-bond donors (Lipinski definition) is 1. The molecule has 1 saturated heterocycles. The number of morpholine rings is 1. The van der Waals surface area contributed by atoms with Crippen molar-refractivity contribution in [3.63, 3.8) is 0 Å². The largest absolute Gasteiger partial charge is 0.378 e. The lowest BCUT2D eigenvalue weighted by molar-refractivity contribution is -0.115. The van der Waals surface area contributed by atoms with Gasteiger partial charge in [-0.3, -0.25) is 4.79 Å². The van der Waals surface area contributed by atoms with E-state index in [4.69, 9.17) is 16.3 Å². The van der Waals surface area contributed by atoms with Gasteiger partial charge in [-0.05, 0) is 55.5 Å². The van der Waals surface area contributed by atoms with Gasteiger partial charge in [0.05, 0.1) is 18.5 Å². The summed E-state index contributed by atoms with van der Waals surface area (Å²) < 4.78 is 5.37. The number of ether oxygens (including phenoxy) is 1. The van der Waals surface area contributed by atoms with Crippen LogP contribution < -0.4 is 10.2 Å². The number of hydrogen-bond acceptors (Lipinski definition) is 4. The second-order valence-corrected chi connectivity index (χ2v) is 7.70. The van der Waals surface area contributed by atoms with E-state index < -0.39 is 0 Å². The summed E-state index contributed by atoms with van der Waals surface area (Å²) in [4.78, 5) is 15.7. The Morgan fingerprint density at radius 2 is 1.76 bits per heavy atom. The molecule has 2 aromatic carbocycles. The van der Waals surface area contributed by atoms with Crippen LogP contribution >= 0.6 is 23.4 Å². The number of anilines is 2. The third-order valence-electron chi connectivity index (χ3n) is 4.01. The van der Waals surface area contributed by atoms with Gasteiger partial charge in [0.15, 0.2) is 0 Å². The molecule has 0 aliphatic carbocycles. The molecule has 1 aliphatic heterocycles. The van der Waals surface area contributed by atoms with Gasteiger partial charge in [-0.15, -0.1) is 11.8 Å². The summed E-state index contributed by atoms with van der Waals surface area (Å²) in [5.41, 5.74) is 1.97. The molecule has 25 heavy (non-hydrogen) atoms. The number of thioether (sulfide) groups is 1. The number of halogens is 1. The molecule has 1 amide bonds. The fourth-order valence-corrected chi connectivity index (χ4v) is 3.59. The van der Waals surface area contributed by atoms with Crippen LogP contribution in [-0.2, 0) is 9.53 Å². The van der Waals surface area contributed by atoms with Crippen molar-refractivity contribution in [1.29, 1.82) is 0 Å². The first-order chi connectivity index (χ1) is 12.1. The topological polar surface area (TPSA) is 41.6 Å². The lowest BCUT2D eigenvalue weighted by Gasteiger charge is -2.28. The minimum absolute atomic E-state index is 0.0147. The van der Waals surface area contributed by atoms with E-state index >= 15 is 0 Å². The summed E-state index contributed by atoms with van der Waals surface area (Å²) in [7, 11) is 0. The highest BCUT2D eigenvalue weighted by atomic mass is 35.5. The van der Waals surface area contributed by atoms with E-state index in [1.165, 1.54) is 11.8 Å². The van der Waals surface area contributed by atoms with Gasteiger partial charge in [0, 0.05) is 34.4 Å². The SMILES string of the molecule is C[C@H](Sc1ccc(Cl)cc1)C(=O)Nc1ccc(N2CCOCC2)cc1. The number of carbonyl (C=O) groups excluding carboxylic acids is 1. The van der Waals surface area contributed by atoms with Crippen LogP contribution in [0.3, 0.4) is 0 Å². The molecule has 3 rings (SSSR count). The molecule has 1 atom stereocenters. The lowest BCUT2D eigenvalue weighted by Crippen LogP contribution is -2.36. The first-order valence-electron chi connectivity index (χ1n) is 8.28. The van der Waals surface area contributed by atoms with Gasteiger partial charge in [0.2, 0.25) is 5.91 Å². The standard InChI is InChI=1S/C19H21ClN2O2S/c1-14(25-18-8-2-15(20)3-9-18)19(23)21-16-4-6-17(7-5-16)22-10-12-24-13-11-22/h2-9,14H,10-13H2,1H3,(H,21,23)/t14-/m0/s1. The van der Waals surface area contributed by atoms with E-state index in [9.17, 15) is 4.79 Å². The molecule has 132 valence electrons. The Hall–Kier alpha value is -1.69. The van der Waals surface area contributed by atoms with Crippen LogP contribution in [-0.4, -0.2) is 37.5 Å². The summed E-state index contributed by atoms with van der Waals surface area (Å²) in [6.45, 7) is 5.23. The van der Waals surface area contributed by atoms with Crippen LogP contribution in [0.4, 0.5) is 11.4 Å². The molecule has 0 bridgehead atoms. The molecule has 0 saturated carbocycles. The zero-order valence-corrected chi connectivity index (χ0v) is 15.6. The van der Waals surface area contributed by atoms with E-state index in [1.807, 2.05) is 55.5 Å². The van der Waals surface area contributed by atoms with Crippen molar-refractivity contribution in [2.24, 2.45) is 0 Å². The van der Waals surface area contributed by atoms with E-state index in [1.54, 1.807) is 0 Å². The van der Waals surface area contributed by atoms with Gasteiger partial charge in [-0.25, -0.2) is 0 Å². The van der Waals surface area contributed by atoms with E-state index in [0.717, 1.165) is 42.6 Å². The monoisotopic (exact) mass is 376 g/mol. The maximum atomic E-state index is 12.4. The lowest BCUT2D eigenvalue weighted by atomic mass is 10.2. The molecular formula is C19H21ClN2O2S. The Morgan fingerprint density at radius 3 is 2.40 bits per heavy atom. The first kappa shape index (κ1) is 18.1. The Balaban J connectivity index is 1.55. The molecule has 2 aromatic rings. The summed E-state index contributed by atoms with van der Waals surface area (Å²) in [6, 6.07) is 15.5. The molecule has 1 heterocycles. The van der Waals surface area contributed by atoms with Crippen molar-refractivity contribution in [3.05, 3.63) is 53.6 Å². The van der Waals surface area contributed by atoms with E-state index in [2.05, 4.69) is 10.2 Å². The summed E-state index contributed by atoms with van der Waals surface area (Å²) in [5, 5.41) is 3.48. The van der Waals surface area contributed by atoms with Crippen molar-refractivity contribution in [2.45, 2.75) is 17.1 Å². The van der Waals surface area contributed by atoms with E-state index in [0.29, 0.717) is 5.02 Å². The molecule has 1 fully saturated rings. The van der Waals surface area contributed by atoms with Crippen LogP contribution in [0.1, 0.15) is 6.92 Å². The fraction of sp³-hybridized carbons (Fsp3) is 0.316. The number of benzene rings is 2. The highest BCUT2D eigenvalue weighted by Crippen LogP contribution is 2.26. The summed E-state index contributed by atoms with van der Waals surface area (Å²) in [6.07, 6.45) is 0. The quantitative estimate of drug-likeness (QED) is 0.790. The molecule has 0 spiro atoms. The van der Waals surface area contributed by atoms with E-state index in [-0.39, 0.29) is 11.2 Å². The third-order valence-corrected chi connectivity index (χ3v) is 5.37. The van der Waals surface area contributed by atoms with Crippen molar-refractivity contribution in [1.82, 2.24) is 0 Å². The predicted octanol–water partition coefficient (Wildman–Crippen LogP) is 4.30. The Kier molecular flexibility index (Phi) is 6.24. The molecule has 0 unspecified atom stereocenters. The molecule has 0 radical (unpaired) electrons. The predicted molar refractivity (Wildman–Crippen MR) is 105 cm³/mol. The second kappa shape index (κ2) is 8.61. The summed E-state index contributed by atoms with van der Waals surface area (Å²) >= 11 is 7.40. The highest BCUT2D eigenvalue weighted by molar-refractivity contribution is 8.00. The number of nitrogens with zero attached hydrogens (tertiary/aromatic N) is 1. The van der Waals surface area contributed by atoms with Gasteiger partial charge in [-0.1, -0.05) is 11.6 Å². The first-order valence-corrected chi connectivity index (χ1v) is 9.53. The van der Waals surface area contributed by atoms with Gasteiger partial charge < -0.3 is 15.0 Å².